The van der Waals surface area contributed by atoms with Crippen LogP contribution in [-0.2, 0) is 4.79 Å². The molecule has 5 nitrogen and oxygen atoms in total. The number of fused-ring (bicyclic) bond motifs is 1. The molecule has 5 heteroatoms. The average Bonchev–Trinajstić information content (AvgIpc) is 2.38. The molecular formula is C14H14N2O3. The highest BCUT2D eigenvalue weighted by atomic mass is 16.4. The highest BCUT2D eigenvalue weighted by Crippen LogP contribution is 2.22. The van der Waals surface area contributed by atoms with Crippen molar-refractivity contribution < 1.29 is 14.7 Å². The third-order valence-corrected chi connectivity index (χ3v) is 2.78. The van der Waals surface area contributed by atoms with E-state index in [0.29, 0.717) is 5.69 Å². The van der Waals surface area contributed by atoms with Crippen molar-refractivity contribution in [3.05, 3.63) is 42.5 Å². The number of hydrogen-bond donors (Lipinski definition) is 3. The molecule has 3 N–H and O–H groups in total. The van der Waals surface area contributed by atoms with Gasteiger partial charge in [0.25, 0.3) is 0 Å². The summed E-state index contributed by atoms with van der Waals surface area (Å²) in [7, 11) is 0. The topological polar surface area (TPSA) is 78.4 Å². The first kappa shape index (κ1) is 12.9. The van der Waals surface area contributed by atoms with Crippen LogP contribution in [0.3, 0.4) is 0 Å². The van der Waals surface area contributed by atoms with Crippen LogP contribution in [0.1, 0.15) is 6.92 Å². The standard InChI is InChI=1S/C14H14N2O3/c1-9(15-14(18)19)13(17)16-12-8-4-6-10-5-2-3-7-11(10)12/h2-9,15H,1H3,(H,16,17)(H,18,19)/t9-/m0/s1. The maximum Gasteiger partial charge on any atom is 0.405 e. The van der Waals surface area contributed by atoms with Crippen molar-refractivity contribution in [2.45, 2.75) is 13.0 Å². The van der Waals surface area contributed by atoms with Gasteiger partial charge in [0.1, 0.15) is 6.04 Å². The Balaban J connectivity index is 2.22. The van der Waals surface area contributed by atoms with Gasteiger partial charge in [-0.25, -0.2) is 4.79 Å². The van der Waals surface area contributed by atoms with Crippen LogP contribution < -0.4 is 10.6 Å². The van der Waals surface area contributed by atoms with Crippen molar-refractivity contribution >= 4 is 28.5 Å². The van der Waals surface area contributed by atoms with Crippen molar-refractivity contribution in [3.8, 4) is 0 Å². The highest BCUT2D eigenvalue weighted by molar-refractivity contribution is 6.04. The summed E-state index contributed by atoms with van der Waals surface area (Å²) < 4.78 is 0. The molecule has 0 spiro atoms. The first-order valence-corrected chi connectivity index (χ1v) is 5.86. The molecule has 98 valence electrons. The minimum atomic E-state index is -1.22. The summed E-state index contributed by atoms with van der Waals surface area (Å²) in [6, 6.07) is 12.4. The van der Waals surface area contributed by atoms with E-state index < -0.39 is 18.0 Å². The number of rotatable bonds is 3. The molecule has 2 rings (SSSR count). The zero-order valence-corrected chi connectivity index (χ0v) is 10.4. The maximum absolute atomic E-state index is 11.9. The molecule has 0 aliphatic heterocycles. The Bertz CT molecular complexity index is 620. The normalized spacial score (nSPS) is 11.8. The van der Waals surface area contributed by atoms with E-state index in [1.807, 2.05) is 36.4 Å². The number of amides is 2. The second-order valence-electron chi connectivity index (χ2n) is 4.19. The Hall–Kier alpha value is -2.56. The highest BCUT2D eigenvalue weighted by Gasteiger charge is 2.15. The van der Waals surface area contributed by atoms with Crippen LogP contribution >= 0.6 is 0 Å². The lowest BCUT2D eigenvalue weighted by atomic mass is 10.1. The van der Waals surface area contributed by atoms with Crippen molar-refractivity contribution in [2.75, 3.05) is 5.32 Å². The van der Waals surface area contributed by atoms with Gasteiger partial charge < -0.3 is 15.7 Å². The Morgan fingerprint density at radius 3 is 2.53 bits per heavy atom. The molecule has 0 aliphatic carbocycles. The molecule has 2 aromatic carbocycles. The molecule has 0 heterocycles. The summed E-state index contributed by atoms with van der Waals surface area (Å²) in [5, 5.41) is 15.4. The van der Waals surface area contributed by atoms with Gasteiger partial charge in [0.05, 0.1) is 0 Å². The minimum absolute atomic E-state index is 0.390. The number of hydrogen-bond acceptors (Lipinski definition) is 2. The third kappa shape index (κ3) is 3.01. The van der Waals surface area contributed by atoms with E-state index in [1.165, 1.54) is 6.92 Å². The van der Waals surface area contributed by atoms with Crippen molar-refractivity contribution in [1.82, 2.24) is 5.32 Å². The molecule has 0 saturated carbocycles. The summed E-state index contributed by atoms with van der Waals surface area (Å²) >= 11 is 0. The van der Waals surface area contributed by atoms with E-state index in [2.05, 4.69) is 10.6 Å². The van der Waals surface area contributed by atoms with Gasteiger partial charge in [0.2, 0.25) is 5.91 Å². The quantitative estimate of drug-likeness (QED) is 0.791. The molecular weight excluding hydrogens is 244 g/mol. The van der Waals surface area contributed by atoms with Gasteiger partial charge in [-0.05, 0) is 18.4 Å². The van der Waals surface area contributed by atoms with Crippen molar-refractivity contribution in [2.24, 2.45) is 0 Å². The fourth-order valence-corrected chi connectivity index (χ4v) is 1.83. The number of carbonyl (C=O) groups excluding carboxylic acids is 1. The number of benzene rings is 2. The first-order valence-electron chi connectivity index (χ1n) is 5.86. The number of carboxylic acid groups (broad SMARTS) is 1. The molecule has 0 fully saturated rings. The zero-order chi connectivity index (χ0) is 13.8. The largest absolute Gasteiger partial charge is 0.465 e. The van der Waals surface area contributed by atoms with Gasteiger partial charge in [-0.1, -0.05) is 36.4 Å². The van der Waals surface area contributed by atoms with Crippen LogP contribution in [0.4, 0.5) is 10.5 Å². The lowest BCUT2D eigenvalue weighted by Crippen LogP contribution is -2.40. The van der Waals surface area contributed by atoms with E-state index in [1.54, 1.807) is 6.07 Å². The molecule has 1 atom stereocenters. The van der Waals surface area contributed by atoms with Gasteiger partial charge in [0, 0.05) is 11.1 Å². The van der Waals surface area contributed by atoms with Crippen molar-refractivity contribution in [3.63, 3.8) is 0 Å². The fourth-order valence-electron chi connectivity index (χ4n) is 1.83. The van der Waals surface area contributed by atoms with Crippen LogP contribution in [0.2, 0.25) is 0 Å². The summed E-state index contributed by atoms with van der Waals surface area (Å²) in [5.74, 6) is -0.390. The maximum atomic E-state index is 11.9. The third-order valence-electron chi connectivity index (χ3n) is 2.78. The van der Waals surface area contributed by atoms with Gasteiger partial charge >= 0.3 is 6.09 Å². The zero-order valence-electron chi connectivity index (χ0n) is 10.4. The smallest absolute Gasteiger partial charge is 0.405 e. The summed E-state index contributed by atoms with van der Waals surface area (Å²) in [4.78, 5) is 22.3. The second-order valence-corrected chi connectivity index (χ2v) is 4.19. The molecule has 0 bridgehead atoms. The lowest BCUT2D eigenvalue weighted by Gasteiger charge is -2.13. The van der Waals surface area contributed by atoms with Gasteiger partial charge in [-0.2, -0.15) is 0 Å². The molecule has 2 aromatic rings. The molecule has 0 aliphatic rings. The number of anilines is 1. The van der Waals surface area contributed by atoms with Crippen LogP contribution in [0.15, 0.2) is 42.5 Å². The molecule has 2 amide bonds. The predicted molar refractivity (Wildman–Crippen MR) is 73.2 cm³/mol. The summed E-state index contributed by atoms with van der Waals surface area (Å²) in [6.07, 6.45) is -1.22. The van der Waals surface area contributed by atoms with Crippen LogP contribution in [0, 0.1) is 0 Å². The van der Waals surface area contributed by atoms with E-state index in [-0.39, 0.29) is 0 Å². The van der Waals surface area contributed by atoms with Crippen LogP contribution in [-0.4, -0.2) is 23.1 Å². The predicted octanol–water partition coefficient (Wildman–Crippen LogP) is 2.43. The Labute approximate surface area is 110 Å². The van der Waals surface area contributed by atoms with E-state index in [4.69, 9.17) is 5.11 Å². The molecule has 0 aromatic heterocycles. The first-order chi connectivity index (χ1) is 9.08. The van der Waals surface area contributed by atoms with Gasteiger partial charge in [-0.15, -0.1) is 0 Å². The van der Waals surface area contributed by atoms with Crippen LogP contribution in [0.25, 0.3) is 10.8 Å². The van der Waals surface area contributed by atoms with E-state index in [9.17, 15) is 9.59 Å². The Kier molecular flexibility index (Phi) is 3.66. The minimum Gasteiger partial charge on any atom is -0.465 e. The molecule has 0 saturated heterocycles. The summed E-state index contributed by atoms with van der Waals surface area (Å²) in [5.41, 5.74) is 0.669. The summed E-state index contributed by atoms with van der Waals surface area (Å²) in [6.45, 7) is 1.49. The molecule has 19 heavy (non-hydrogen) atoms. The Morgan fingerprint density at radius 1 is 1.11 bits per heavy atom. The van der Waals surface area contributed by atoms with Gasteiger partial charge in [0.15, 0.2) is 0 Å². The molecule has 0 unspecified atom stereocenters. The Morgan fingerprint density at radius 2 is 1.79 bits per heavy atom. The van der Waals surface area contributed by atoms with E-state index >= 15 is 0 Å². The second kappa shape index (κ2) is 5.39. The number of nitrogens with one attached hydrogen (secondary N) is 2. The monoisotopic (exact) mass is 258 g/mol. The van der Waals surface area contributed by atoms with Gasteiger partial charge in [-0.3, -0.25) is 4.79 Å². The number of carbonyl (C=O) groups is 2. The fraction of sp³-hybridized carbons (Fsp3) is 0.143. The average molecular weight is 258 g/mol. The van der Waals surface area contributed by atoms with E-state index in [0.717, 1.165) is 10.8 Å². The van der Waals surface area contributed by atoms with Crippen molar-refractivity contribution in [1.29, 1.82) is 0 Å². The SMILES string of the molecule is C[C@H](NC(=O)O)C(=O)Nc1cccc2ccccc12. The van der Waals surface area contributed by atoms with Crippen LogP contribution in [0.5, 0.6) is 0 Å². The molecule has 0 radical (unpaired) electrons. The lowest BCUT2D eigenvalue weighted by molar-refractivity contribution is -0.117.